The van der Waals surface area contributed by atoms with Crippen LogP contribution < -0.4 is 5.32 Å². The number of likely N-dealkylation sites (tertiary alicyclic amines) is 1. The Morgan fingerprint density at radius 1 is 1.03 bits per heavy atom. The average molecular weight is 424 g/mol. The molecule has 1 N–H and O–H groups in total. The smallest absolute Gasteiger partial charge is 0.412 e. The molecule has 1 saturated heterocycles. The predicted molar refractivity (Wildman–Crippen MR) is 117 cm³/mol. The summed E-state index contributed by atoms with van der Waals surface area (Å²) in [5.74, 6) is -0.752. The van der Waals surface area contributed by atoms with Gasteiger partial charge in [-0.15, -0.1) is 0 Å². The van der Waals surface area contributed by atoms with Crippen molar-refractivity contribution in [3.05, 3.63) is 65.7 Å². The Kier molecular flexibility index (Phi) is 6.95. The minimum absolute atomic E-state index is 0.162. The number of benzene rings is 2. The highest BCUT2D eigenvalue weighted by Crippen LogP contribution is 2.25. The Balaban J connectivity index is 1.70. The fourth-order valence-corrected chi connectivity index (χ4v) is 3.43. The summed E-state index contributed by atoms with van der Waals surface area (Å²) in [7, 11) is 0. The first-order valence-electron chi connectivity index (χ1n) is 10.3. The predicted octanol–water partition coefficient (Wildman–Crippen LogP) is 4.38. The second-order valence-corrected chi connectivity index (χ2v) is 8.42. The van der Waals surface area contributed by atoms with Gasteiger partial charge in [-0.1, -0.05) is 42.5 Å². The van der Waals surface area contributed by atoms with Crippen molar-refractivity contribution >= 4 is 23.7 Å². The number of hydrogen-bond donors (Lipinski definition) is 1. The first kappa shape index (κ1) is 22.3. The number of carbonyl (C=O) groups excluding carboxylic acids is 3. The molecule has 7 heteroatoms. The summed E-state index contributed by atoms with van der Waals surface area (Å²) in [5.41, 5.74) is 0.866. The monoisotopic (exact) mass is 424 g/mol. The van der Waals surface area contributed by atoms with Crippen molar-refractivity contribution in [2.45, 2.75) is 51.9 Å². The van der Waals surface area contributed by atoms with E-state index >= 15 is 0 Å². The summed E-state index contributed by atoms with van der Waals surface area (Å²) in [4.78, 5) is 39.6. The molecule has 0 saturated carbocycles. The summed E-state index contributed by atoms with van der Waals surface area (Å²) >= 11 is 0. The lowest BCUT2D eigenvalue weighted by atomic mass is 10.1. The van der Waals surface area contributed by atoms with E-state index in [-0.39, 0.29) is 12.5 Å². The highest BCUT2D eigenvalue weighted by Gasteiger charge is 2.36. The molecule has 1 heterocycles. The topological polar surface area (TPSA) is 84.9 Å². The van der Waals surface area contributed by atoms with Gasteiger partial charge in [0.05, 0.1) is 11.3 Å². The first-order valence-corrected chi connectivity index (χ1v) is 10.3. The molecule has 2 aromatic rings. The fourth-order valence-electron chi connectivity index (χ4n) is 3.43. The largest absolute Gasteiger partial charge is 0.459 e. The van der Waals surface area contributed by atoms with Crippen molar-refractivity contribution in [2.75, 3.05) is 11.9 Å². The normalized spacial score (nSPS) is 16.0. The number of amides is 2. The van der Waals surface area contributed by atoms with Crippen molar-refractivity contribution < 1.29 is 23.9 Å². The molecule has 1 fully saturated rings. The number of nitrogens with zero attached hydrogens (tertiary/aromatic N) is 1. The quantitative estimate of drug-likeness (QED) is 0.720. The third kappa shape index (κ3) is 6.07. The second kappa shape index (κ2) is 9.64. The number of esters is 1. The second-order valence-electron chi connectivity index (χ2n) is 8.42. The van der Waals surface area contributed by atoms with E-state index in [1.54, 1.807) is 45.0 Å². The standard InChI is InChI=1S/C24H28N2O5/c1-24(2,3)31-23(29)25-19-13-8-7-12-18(19)21(27)26-15-9-14-20(26)22(28)30-16-17-10-5-4-6-11-17/h4-8,10-13,20H,9,14-16H2,1-3H3,(H,25,29). The highest BCUT2D eigenvalue weighted by atomic mass is 16.6. The van der Waals surface area contributed by atoms with Gasteiger partial charge in [0.2, 0.25) is 0 Å². The number of anilines is 1. The summed E-state index contributed by atoms with van der Waals surface area (Å²) in [5, 5.41) is 2.64. The molecule has 3 rings (SSSR count). The van der Waals surface area contributed by atoms with Gasteiger partial charge < -0.3 is 14.4 Å². The molecular formula is C24H28N2O5. The Hall–Kier alpha value is -3.35. The molecule has 1 unspecified atom stereocenters. The van der Waals surface area contributed by atoms with Gasteiger partial charge in [-0.2, -0.15) is 0 Å². The molecule has 1 aliphatic heterocycles. The van der Waals surface area contributed by atoms with E-state index in [9.17, 15) is 14.4 Å². The molecular weight excluding hydrogens is 396 g/mol. The number of hydrogen-bond acceptors (Lipinski definition) is 5. The maximum Gasteiger partial charge on any atom is 0.412 e. The zero-order valence-electron chi connectivity index (χ0n) is 18.1. The minimum Gasteiger partial charge on any atom is -0.459 e. The molecule has 0 radical (unpaired) electrons. The molecule has 1 aliphatic rings. The van der Waals surface area contributed by atoms with Gasteiger partial charge in [0.25, 0.3) is 5.91 Å². The summed E-state index contributed by atoms with van der Waals surface area (Å²) < 4.78 is 10.7. The fraction of sp³-hybridized carbons (Fsp3) is 0.375. The van der Waals surface area contributed by atoms with Crippen LogP contribution >= 0.6 is 0 Å². The molecule has 0 spiro atoms. The van der Waals surface area contributed by atoms with E-state index in [0.717, 1.165) is 5.56 Å². The Labute approximate surface area is 182 Å². The number of para-hydroxylation sites is 1. The average Bonchev–Trinajstić information content (AvgIpc) is 3.21. The highest BCUT2D eigenvalue weighted by molar-refractivity contribution is 6.04. The van der Waals surface area contributed by atoms with E-state index in [0.29, 0.717) is 30.6 Å². The van der Waals surface area contributed by atoms with E-state index < -0.39 is 23.7 Å². The van der Waals surface area contributed by atoms with Gasteiger partial charge in [-0.05, 0) is 51.3 Å². The number of ether oxygens (including phenoxy) is 2. The lowest BCUT2D eigenvalue weighted by Gasteiger charge is -2.25. The number of nitrogens with one attached hydrogen (secondary N) is 1. The van der Waals surface area contributed by atoms with Crippen LogP contribution in [0.2, 0.25) is 0 Å². The van der Waals surface area contributed by atoms with E-state index in [1.165, 1.54) is 4.90 Å². The maximum atomic E-state index is 13.2. The van der Waals surface area contributed by atoms with Crippen LogP contribution in [0.1, 0.15) is 49.5 Å². The zero-order valence-corrected chi connectivity index (χ0v) is 18.1. The van der Waals surface area contributed by atoms with Crippen molar-refractivity contribution in [3.8, 4) is 0 Å². The van der Waals surface area contributed by atoms with E-state index in [1.807, 2.05) is 30.3 Å². The Morgan fingerprint density at radius 3 is 2.42 bits per heavy atom. The maximum absolute atomic E-state index is 13.2. The van der Waals surface area contributed by atoms with Gasteiger partial charge in [-0.3, -0.25) is 10.1 Å². The van der Waals surface area contributed by atoms with E-state index in [2.05, 4.69) is 5.32 Å². The van der Waals surface area contributed by atoms with Crippen LogP contribution in [0.4, 0.5) is 10.5 Å². The molecule has 1 atom stereocenters. The molecule has 0 aromatic heterocycles. The summed E-state index contributed by atoms with van der Waals surface area (Å²) in [6, 6.07) is 15.5. The van der Waals surface area contributed by atoms with Gasteiger partial charge in [0.15, 0.2) is 0 Å². The molecule has 7 nitrogen and oxygen atoms in total. The molecule has 2 aromatic carbocycles. The molecule has 31 heavy (non-hydrogen) atoms. The molecule has 0 aliphatic carbocycles. The number of rotatable bonds is 5. The van der Waals surface area contributed by atoms with Gasteiger partial charge in [0, 0.05) is 6.54 Å². The van der Waals surface area contributed by atoms with Crippen LogP contribution in [0, 0.1) is 0 Å². The first-order chi connectivity index (χ1) is 14.7. The third-order valence-corrected chi connectivity index (χ3v) is 4.80. The van der Waals surface area contributed by atoms with Crippen LogP contribution in [-0.2, 0) is 20.9 Å². The van der Waals surface area contributed by atoms with Crippen LogP contribution in [0.5, 0.6) is 0 Å². The number of carbonyl (C=O) groups is 3. The molecule has 164 valence electrons. The Bertz CT molecular complexity index is 936. The van der Waals surface area contributed by atoms with Gasteiger partial charge in [-0.25, -0.2) is 9.59 Å². The van der Waals surface area contributed by atoms with E-state index in [4.69, 9.17) is 9.47 Å². The zero-order chi connectivity index (χ0) is 22.4. The lowest BCUT2D eigenvalue weighted by Crippen LogP contribution is -2.41. The summed E-state index contributed by atoms with van der Waals surface area (Å²) in [6.07, 6.45) is 0.604. The van der Waals surface area contributed by atoms with Crippen LogP contribution in [0.25, 0.3) is 0 Å². The SMILES string of the molecule is CC(C)(C)OC(=O)Nc1ccccc1C(=O)N1CCCC1C(=O)OCc1ccccc1. The minimum atomic E-state index is -0.661. The molecule has 2 amide bonds. The van der Waals surface area contributed by atoms with Crippen molar-refractivity contribution in [1.82, 2.24) is 4.90 Å². The third-order valence-electron chi connectivity index (χ3n) is 4.80. The molecule has 0 bridgehead atoms. The van der Waals surface area contributed by atoms with Crippen LogP contribution in [-0.4, -0.2) is 41.1 Å². The van der Waals surface area contributed by atoms with Crippen molar-refractivity contribution in [3.63, 3.8) is 0 Å². The van der Waals surface area contributed by atoms with Crippen molar-refractivity contribution in [2.24, 2.45) is 0 Å². The lowest BCUT2D eigenvalue weighted by molar-refractivity contribution is -0.149. The Morgan fingerprint density at radius 2 is 1.71 bits per heavy atom. The van der Waals surface area contributed by atoms with Gasteiger partial charge in [0.1, 0.15) is 18.2 Å². The van der Waals surface area contributed by atoms with Crippen LogP contribution in [0.3, 0.4) is 0 Å². The summed E-state index contributed by atoms with van der Waals surface area (Å²) in [6.45, 7) is 5.90. The van der Waals surface area contributed by atoms with Crippen LogP contribution in [0.15, 0.2) is 54.6 Å². The van der Waals surface area contributed by atoms with Crippen molar-refractivity contribution in [1.29, 1.82) is 0 Å². The van der Waals surface area contributed by atoms with Gasteiger partial charge >= 0.3 is 12.1 Å².